The minimum Gasteiger partial charge on any atom is -0.493 e. The van der Waals surface area contributed by atoms with Crippen LogP contribution in [0.2, 0.25) is 0 Å². The number of hydrogen-bond donors (Lipinski definition) is 1. The van der Waals surface area contributed by atoms with Gasteiger partial charge in [-0.3, -0.25) is 18.7 Å². The van der Waals surface area contributed by atoms with Crippen LogP contribution in [0.25, 0.3) is 6.08 Å². The van der Waals surface area contributed by atoms with E-state index in [1.807, 2.05) is 13.8 Å². The van der Waals surface area contributed by atoms with E-state index in [1.54, 1.807) is 24.3 Å². The summed E-state index contributed by atoms with van der Waals surface area (Å²) in [4.78, 5) is 37.3. The molecule has 0 aliphatic rings. The molecule has 0 saturated carbocycles. The van der Waals surface area contributed by atoms with E-state index < -0.39 is 22.6 Å². The van der Waals surface area contributed by atoms with Crippen LogP contribution >= 0.6 is 0 Å². The molecule has 2 aromatic rings. The van der Waals surface area contributed by atoms with Crippen molar-refractivity contribution in [3.63, 3.8) is 0 Å². The summed E-state index contributed by atoms with van der Waals surface area (Å²) < 4.78 is 12.8. The van der Waals surface area contributed by atoms with Gasteiger partial charge in [-0.1, -0.05) is 19.9 Å². The molecule has 0 unspecified atom stereocenters. The number of rotatable bonds is 7. The highest BCUT2D eigenvalue weighted by Gasteiger charge is 2.23. The number of nitrogen functional groups attached to an aromatic ring is 1. The lowest BCUT2D eigenvalue weighted by Gasteiger charge is -2.13. The maximum atomic E-state index is 12.9. The molecule has 0 saturated heterocycles. The van der Waals surface area contributed by atoms with Crippen LogP contribution in [0.5, 0.6) is 11.5 Å². The highest BCUT2D eigenvalue weighted by Crippen LogP contribution is 2.29. The van der Waals surface area contributed by atoms with Gasteiger partial charge >= 0.3 is 5.69 Å². The molecule has 1 aromatic heterocycles. The molecule has 0 aliphatic carbocycles. The van der Waals surface area contributed by atoms with Crippen molar-refractivity contribution >= 4 is 17.7 Å². The number of benzene rings is 1. The summed E-state index contributed by atoms with van der Waals surface area (Å²) in [6.45, 7) is 4.46. The summed E-state index contributed by atoms with van der Waals surface area (Å²) >= 11 is 0. The van der Waals surface area contributed by atoms with Gasteiger partial charge < -0.3 is 15.2 Å². The summed E-state index contributed by atoms with van der Waals surface area (Å²) in [5.74, 6) is 0.0849. The lowest BCUT2D eigenvalue weighted by atomic mass is 10.0. The highest BCUT2D eigenvalue weighted by atomic mass is 16.5. The Morgan fingerprint density at radius 1 is 1.23 bits per heavy atom. The lowest BCUT2D eigenvalue weighted by molar-refractivity contribution is 0.103. The van der Waals surface area contributed by atoms with E-state index in [2.05, 4.69) is 0 Å². The Hall–Kier alpha value is -3.80. The third-order valence-corrected chi connectivity index (χ3v) is 4.37. The second-order valence-electron chi connectivity index (χ2n) is 7.08. The molecule has 0 aliphatic heterocycles. The smallest absolute Gasteiger partial charge is 0.332 e. The zero-order chi connectivity index (χ0) is 22.6. The molecule has 0 fully saturated rings. The minimum atomic E-state index is -0.869. The van der Waals surface area contributed by atoms with Gasteiger partial charge in [-0.2, -0.15) is 5.26 Å². The topological polar surface area (TPSA) is 129 Å². The van der Waals surface area contributed by atoms with Gasteiger partial charge in [0.25, 0.3) is 5.56 Å². The molecule has 1 heterocycles. The SMILES string of the molecule is COc1ccc(/C=C(\C#N)C(=O)c2c(N)n(C)c(=O)n(C)c2=O)cc1OCC(C)C. The minimum absolute atomic E-state index is 0.286. The van der Waals surface area contributed by atoms with Crippen LogP contribution in [0, 0.1) is 17.2 Å². The summed E-state index contributed by atoms with van der Waals surface area (Å²) in [7, 11) is 4.08. The van der Waals surface area contributed by atoms with E-state index in [0.717, 1.165) is 9.13 Å². The predicted octanol–water partition coefficient (Wildman–Crippen LogP) is 1.50. The zero-order valence-electron chi connectivity index (χ0n) is 17.6. The number of carbonyl (C=O) groups excluding carboxylic acids is 1. The number of allylic oxidation sites excluding steroid dienone is 1. The maximum Gasteiger partial charge on any atom is 0.332 e. The quantitative estimate of drug-likeness (QED) is 0.414. The second kappa shape index (κ2) is 9.13. The Balaban J connectivity index is 2.55. The number of hydrogen-bond acceptors (Lipinski definition) is 7. The van der Waals surface area contributed by atoms with E-state index in [9.17, 15) is 19.6 Å². The molecule has 0 spiro atoms. The second-order valence-corrected chi connectivity index (χ2v) is 7.08. The van der Waals surface area contributed by atoms with Gasteiger partial charge in [-0.05, 0) is 29.7 Å². The number of ether oxygens (including phenoxy) is 2. The molecular weight excluding hydrogens is 388 g/mol. The van der Waals surface area contributed by atoms with Gasteiger partial charge in [-0.15, -0.1) is 0 Å². The largest absolute Gasteiger partial charge is 0.493 e. The van der Waals surface area contributed by atoms with Gasteiger partial charge in [-0.25, -0.2) is 4.79 Å². The maximum absolute atomic E-state index is 12.9. The van der Waals surface area contributed by atoms with Crippen molar-refractivity contribution < 1.29 is 14.3 Å². The number of carbonyl (C=O) groups is 1. The Bertz CT molecular complexity index is 1170. The fourth-order valence-electron chi connectivity index (χ4n) is 2.68. The van der Waals surface area contributed by atoms with Crippen molar-refractivity contribution in [2.24, 2.45) is 20.0 Å². The molecule has 0 amide bonds. The van der Waals surface area contributed by atoms with E-state index >= 15 is 0 Å². The lowest BCUT2D eigenvalue weighted by Crippen LogP contribution is -2.41. The van der Waals surface area contributed by atoms with Crippen molar-refractivity contribution in [3.05, 3.63) is 55.7 Å². The molecule has 1 aromatic carbocycles. The van der Waals surface area contributed by atoms with Crippen molar-refractivity contribution in [3.8, 4) is 17.6 Å². The summed E-state index contributed by atoms with van der Waals surface area (Å²) in [5.41, 5.74) is 4.05. The standard InChI is InChI=1S/C21H24N4O5/c1-12(2)11-30-16-9-13(6-7-15(16)29-5)8-14(10-22)18(26)17-19(23)24(3)21(28)25(4)20(17)27/h6-9,12H,11,23H2,1-5H3/b14-8+. The van der Waals surface area contributed by atoms with Crippen LogP contribution in [-0.2, 0) is 14.1 Å². The molecule has 158 valence electrons. The average Bonchev–Trinajstić information content (AvgIpc) is 2.73. The van der Waals surface area contributed by atoms with E-state index in [4.69, 9.17) is 15.2 Å². The van der Waals surface area contributed by atoms with E-state index in [0.29, 0.717) is 23.7 Å². The Morgan fingerprint density at radius 3 is 2.47 bits per heavy atom. The first-order valence-electron chi connectivity index (χ1n) is 9.15. The van der Waals surface area contributed by atoms with Gasteiger partial charge in [0.2, 0.25) is 5.78 Å². The fourth-order valence-corrected chi connectivity index (χ4v) is 2.68. The van der Waals surface area contributed by atoms with E-state index in [1.165, 1.54) is 27.3 Å². The molecule has 0 bridgehead atoms. The van der Waals surface area contributed by atoms with E-state index in [-0.39, 0.29) is 17.3 Å². The van der Waals surface area contributed by atoms with Gasteiger partial charge in [0.05, 0.1) is 13.7 Å². The molecule has 9 nitrogen and oxygen atoms in total. The number of nitriles is 1. The van der Waals surface area contributed by atoms with Crippen LogP contribution < -0.4 is 26.5 Å². The summed E-state index contributed by atoms with van der Waals surface area (Å²) in [6.07, 6.45) is 1.33. The number of ketones is 1. The average molecular weight is 412 g/mol. The number of aromatic nitrogens is 2. The van der Waals surface area contributed by atoms with Gasteiger partial charge in [0.1, 0.15) is 23.0 Å². The van der Waals surface area contributed by atoms with Crippen molar-refractivity contribution in [2.75, 3.05) is 19.5 Å². The van der Waals surface area contributed by atoms with Crippen LogP contribution in [0.1, 0.15) is 29.8 Å². The number of nitrogens with zero attached hydrogens (tertiary/aromatic N) is 3. The molecule has 0 atom stereocenters. The van der Waals surface area contributed by atoms with Crippen molar-refractivity contribution in [1.82, 2.24) is 9.13 Å². The molecule has 2 rings (SSSR count). The number of Topliss-reactive ketones (excluding diaryl/α,β-unsaturated/α-hetero) is 1. The molecular formula is C21H24N4O5. The third kappa shape index (κ3) is 4.43. The molecule has 30 heavy (non-hydrogen) atoms. The van der Waals surface area contributed by atoms with Crippen LogP contribution in [0.4, 0.5) is 5.82 Å². The summed E-state index contributed by atoms with van der Waals surface area (Å²) in [5, 5.41) is 9.53. The number of anilines is 1. The Labute approximate surface area is 173 Å². The zero-order valence-corrected chi connectivity index (χ0v) is 17.6. The van der Waals surface area contributed by atoms with Crippen LogP contribution in [0.15, 0.2) is 33.4 Å². The van der Waals surface area contributed by atoms with Crippen molar-refractivity contribution in [1.29, 1.82) is 5.26 Å². The Morgan fingerprint density at radius 2 is 1.90 bits per heavy atom. The summed E-state index contributed by atoms with van der Waals surface area (Å²) in [6, 6.07) is 6.74. The molecule has 2 N–H and O–H groups in total. The highest BCUT2D eigenvalue weighted by molar-refractivity contribution is 6.16. The molecule has 0 radical (unpaired) electrons. The normalized spacial score (nSPS) is 11.3. The monoisotopic (exact) mass is 412 g/mol. The fraction of sp³-hybridized carbons (Fsp3) is 0.333. The predicted molar refractivity (Wildman–Crippen MR) is 113 cm³/mol. The Kier molecular flexibility index (Phi) is 6.85. The first kappa shape index (κ1) is 22.5. The number of methoxy groups -OCH3 is 1. The van der Waals surface area contributed by atoms with Gasteiger partial charge in [0, 0.05) is 14.1 Å². The van der Waals surface area contributed by atoms with Crippen molar-refractivity contribution in [2.45, 2.75) is 13.8 Å². The third-order valence-electron chi connectivity index (χ3n) is 4.37. The first-order valence-corrected chi connectivity index (χ1v) is 9.15. The molecule has 9 heteroatoms. The van der Waals surface area contributed by atoms with Crippen LogP contribution in [0.3, 0.4) is 0 Å². The first-order chi connectivity index (χ1) is 14.1. The van der Waals surface area contributed by atoms with Gasteiger partial charge in [0.15, 0.2) is 11.5 Å². The number of nitrogens with two attached hydrogens (primary N) is 1. The van der Waals surface area contributed by atoms with Crippen LogP contribution in [-0.4, -0.2) is 28.6 Å².